The van der Waals surface area contributed by atoms with Crippen molar-refractivity contribution in [3.05, 3.63) is 69.7 Å². The fraction of sp³-hybridized carbons (Fsp3) is 0.182. The first-order valence-corrected chi connectivity index (χ1v) is 9.31. The Labute approximate surface area is 150 Å². The van der Waals surface area contributed by atoms with E-state index >= 15 is 0 Å². The smallest absolute Gasteiger partial charge is 0.0536 e. The molecule has 0 bridgehead atoms. The largest absolute Gasteiger partial charge is 0.340 e. The van der Waals surface area contributed by atoms with Gasteiger partial charge in [0, 0.05) is 39.3 Å². The number of para-hydroxylation sites is 1. The van der Waals surface area contributed by atoms with Gasteiger partial charge in [0.15, 0.2) is 0 Å². The number of rotatable bonds is 1. The maximum atomic E-state index is 3.93. The molecule has 3 aromatic carbocycles. The molecular weight excluding hydrogens is 358 g/mol. The molecule has 1 nitrogen and oxygen atoms in total. The second-order valence-electron chi connectivity index (χ2n) is 6.61. The van der Waals surface area contributed by atoms with Crippen LogP contribution in [0.15, 0.2) is 53.0 Å². The fourth-order valence-corrected chi connectivity index (χ4v) is 5.09. The van der Waals surface area contributed by atoms with Crippen molar-refractivity contribution in [2.75, 3.05) is 0 Å². The van der Waals surface area contributed by atoms with Crippen molar-refractivity contribution in [2.45, 2.75) is 26.8 Å². The van der Waals surface area contributed by atoms with E-state index in [1.165, 1.54) is 54.1 Å². The molecule has 0 amide bonds. The third-order valence-electron chi connectivity index (χ3n) is 5.45. The van der Waals surface area contributed by atoms with Gasteiger partial charge in [-0.1, -0.05) is 42.5 Å². The molecule has 1 heterocycles. The first-order valence-electron chi connectivity index (χ1n) is 8.52. The van der Waals surface area contributed by atoms with Crippen LogP contribution in [0.2, 0.25) is 0 Å². The fourth-order valence-electron chi connectivity index (χ4n) is 4.44. The van der Waals surface area contributed by atoms with Crippen LogP contribution in [-0.2, 0) is 13.0 Å². The molecule has 4 aromatic rings. The molecule has 2 heteroatoms. The summed E-state index contributed by atoms with van der Waals surface area (Å²) in [6.45, 7) is 5.49. The zero-order valence-corrected chi connectivity index (χ0v) is 15.4. The van der Waals surface area contributed by atoms with Gasteiger partial charge in [-0.15, -0.1) is 0 Å². The van der Waals surface area contributed by atoms with Crippen LogP contribution in [0.25, 0.3) is 32.9 Å². The molecule has 118 valence electrons. The Morgan fingerprint density at radius 2 is 1.79 bits per heavy atom. The maximum Gasteiger partial charge on any atom is 0.0536 e. The van der Waals surface area contributed by atoms with Gasteiger partial charge < -0.3 is 4.57 Å². The van der Waals surface area contributed by atoms with E-state index in [1.807, 2.05) is 0 Å². The SMILES string of the molecule is CCn1c2ccccc2c2c(C)c(Br)c3c(c21)Cc1ccccc1-3. The van der Waals surface area contributed by atoms with Crippen LogP contribution in [0.1, 0.15) is 23.6 Å². The summed E-state index contributed by atoms with van der Waals surface area (Å²) < 4.78 is 3.75. The Morgan fingerprint density at radius 3 is 2.62 bits per heavy atom. The number of halogens is 1. The average molecular weight is 376 g/mol. The van der Waals surface area contributed by atoms with Gasteiger partial charge in [0.05, 0.1) is 5.52 Å². The number of benzene rings is 3. The van der Waals surface area contributed by atoms with Gasteiger partial charge in [-0.05, 0) is 58.1 Å². The van der Waals surface area contributed by atoms with E-state index in [1.54, 1.807) is 0 Å². The Bertz CT molecular complexity index is 1130. The molecule has 24 heavy (non-hydrogen) atoms. The van der Waals surface area contributed by atoms with Crippen LogP contribution in [0, 0.1) is 6.92 Å². The summed E-state index contributed by atoms with van der Waals surface area (Å²) in [5, 5.41) is 2.78. The molecule has 0 saturated carbocycles. The van der Waals surface area contributed by atoms with Crippen LogP contribution in [0.4, 0.5) is 0 Å². The van der Waals surface area contributed by atoms with Crippen molar-refractivity contribution < 1.29 is 0 Å². The maximum absolute atomic E-state index is 3.93. The highest BCUT2D eigenvalue weighted by atomic mass is 79.9. The molecule has 0 atom stereocenters. The number of nitrogens with zero attached hydrogens (tertiary/aromatic N) is 1. The van der Waals surface area contributed by atoms with Crippen LogP contribution in [0.3, 0.4) is 0 Å². The van der Waals surface area contributed by atoms with Gasteiger partial charge in [0.1, 0.15) is 0 Å². The minimum absolute atomic E-state index is 0.994. The van der Waals surface area contributed by atoms with Gasteiger partial charge in [-0.2, -0.15) is 0 Å². The van der Waals surface area contributed by atoms with Gasteiger partial charge in [0.2, 0.25) is 0 Å². The van der Waals surface area contributed by atoms with E-state index in [0.29, 0.717) is 0 Å². The molecule has 0 unspecified atom stereocenters. The Kier molecular flexibility index (Phi) is 2.96. The second kappa shape index (κ2) is 4.97. The Morgan fingerprint density at radius 1 is 1.04 bits per heavy atom. The monoisotopic (exact) mass is 375 g/mol. The summed E-state index contributed by atoms with van der Waals surface area (Å²) >= 11 is 3.93. The number of hydrogen-bond donors (Lipinski definition) is 0. The molecule has 1 aromatic heterocycles. The quantitative estimate of drug-likeness (QED) is 0.317. The number of fused-ring (bicyclic) bond motifs is 7. The van der Waals surface area contributed by atoms with Crippen LogP contribution < -0.4 is 0 Å². The summed E-state index contributed by atoms with van der Waals surface area (Å²) in [7, 11) is 0. The number of hydrogen-bond acceptors (Lipinski definition) is 0. The summed E-state index contributed by atoms with van der Waals surface area (Å²) in [5.74, 6) is 0. The highest BCUT2D eigenvalue weighted by Crippen LogP contribution is 2.49. The third kappa shape index (κ3) is 1.65. The van der Waals surface area contributed by atoms with Crippen molar-refractivity contribution in [3.8, 4) is 11.1 Å². The molecule has 0 saturated heterocycles. The summed E-state index contributed by atoms with van der Waals surface area (Å²) in [5.41, 5.74) is 9.81. The lowest BCUT2D eigenvalue weighted by atomic mass is 9.98. The summed E-state index contributed by atoms with van der Waals surface area (Å²) in [6, 6.07) is 17.6. The van der Waals surface area contributed by atoms with Crippen LogP contribution in [-0.4, -0.2) is 4.57 Å². The van der Waals surface area contributed by atoms with Crippen molar-refractivity contribution in [2.24, 2.45) is 0 Å². The van der Waals surface area contributed by atoms with E-state index in [4.69, 9.17) is 0 Å². The highest BCUT2D eigenvalue weighted by Gasteiger charge is 2.27. The first kappa shape index (κ1) is 14.3. The average Bonchev–Trinajstić information content (AvgIpc) is 3.15. The van der Waals surface area contributed by atoms with E-state index in [9.17, 15) is 0 Å². The molecule has 0 aliphatic heterocycles. The number of aryl methyl sites for hydroxylation is 2. The van der Waals surface area contributed by atoms with Gasteiger partial charge in [-0.3, -0.25) is 0 Å². The summed E-state index contributed by atoms with van der Waals surface area (Å²) in [4.78, 5) is 0. The van der Waals surface area contributed by atoms with Crippen molar-refractivity contribution in [1.82, 2.24) is 4.57 Å². The van der Waals surface area contributed by atoms with Gasteiger partial charge in [-0.25, -0.2) is 0 Å². The van der Waals surface area contributed by atoms with E-state index in [-0.39, 0.29) is 0 Å². The molecular formula is C22H18BrN. The summed E-state index contributed by atoms with van der Waals surface area (Å²) in [6.07, 6.45) is 1.03. The van der Waals surface area contributed by atoms with E-state index in [2.05, 4.69) is 82.9 Å². The van der Waals surface area contributed by atoms with Crippen molar-refractivity contribution in [1.29, 1.82) is 0 Å². The normalized spacial score (nSPS) is 12.8. The highest BCUT2D eigenvalue weighted by molar-refractivity contribution is 9.10. The predicted molar refractivity (Wildman–Crippen MR) is 106 cm³/mol. The van der Waals surface area contributed by atoms with Crippen molar-refractivity contribution in [3.63, 3.8) is 0 Å². The molecule has 1 aliphatic carbocycles. The van der Waals surface area contributed by atoms with Gasteiger partial charge >= 0.3 is 0 Å². The molecule has 0 radical (unpaired) electrons. The van der Waals surface area contributed by atoms with Crippen LogP contribution >= 0.6 is 15.9 Å². The van der Waals surface area contributed by atoms with Gasteiger partial charge in [0.25, 0.3) is 0 Å². The lowest BCUT2D eigenvalue weighted by Gasteiger charge is -2.13. The predicted octanol–water partition coefficient (Wildman–Crippen LogP) is 6.46. The van der Waals surface area contributed by atoms with E-state index < -0.39 is 0 Å². The second-order valence-corrected chi connectivity index (χ2v) is 7.40. The molecule has 0 spiro atoms. The molecule has 0 N–H and O–H groups in total. The minimum Gasteiger partial charge on any atom is -0.340 e. The van der Waals surface area contributed by atoms with Crippen molar-refractivity contribution >= 4 is 37.7 Å². The lowest BCUT2D eigenvalue weighted by Crippen LogP contribution is -1.98. The zero-order chi connectivity index (χ0) is 16.4. The molecule has 1 aliphatic rings. The van der Waals surface area contributed by atoms with Crippen LogP contribution in [0.5, 0.6) is 0 Å². The lowest BCUT2D eigenvalue weighted by molar-refractivity contribution is 0.823. The first-order chi connectivity index (χ1) is 11.7. The zero-order valence-electron chi connectivity index (χ0n) is 13.9. The molecule has 0 fully saturated rings. The topological polar surface area (TPSA) is 4.93 Å². The Balaban J connectivity index is 2.05. The third-order valence-corrected chi connectivity index (χ3v) is 6.44. The standard InChI is InChI=1S/C22H18BrN/c1-3-24-18-11-7-6-10-16(18)19-13(2)21(23)20-15-9-5-4-8-14(15)12-17(20)22(19)24/h4-11H,3,12H2,1-2H3. The Hall–Kier alpha value is -2.06. The van der Waals surface area contributed by atoms with E-state index in [0.717, 1.165) is 13.0 Å². The minimum atomic E-state index is 0.994. The molecule has 5 rings (SSSR count). The number of aromatic nitrogens is 1.